The van der Waals surface area contributed by atoms with Crippen LogP contribution < -0.4 is 10.5 Å². The van der Waals surface area contributed by atoms with Gasteiger partial charge in [-0.05, 0) is 55.7 Å². The molecule has 1 aromatic carbocycles. The van der Waals surface area contributed by atoms with Crippen molar-refractivity contribution in [3.63, 3.8) is 0 Å². The van der Waals surface area contributed by atoms with E-state index in [1.54, 1.807) is 0 Å². The number of ether oxygens (including phenoxy) is 1. The molecule has 0 spiro atoms. The molecule has 3 rings (SSSR count). The summed E-state index contributed by atoms with van der Waals surface area (Å²) < 4.78 is 5.73. The quantitative estimate of drug-likeness (QED) is 0.802. The first kappa shape index (κ1) is 17.2. The molecule has 1 heterocycles. The number of hydrogen-bond acceptors (Lipinski definition) is 4. The number of carboxylic acids is 1. The molecule has 1 aliphatic carbocycles. The van der Waals surface area contributed by atoms with E-state index in [0.717, 1.165) is 12.3 Å². The van der Waals surface area contributed by atoms with Crippen molar-refractivity contribution >= 4 is 5.97 Å². The Balaban J connectivity index is 1.53. The summed E-state index contributed by atoms with van der Waals surface area (Å²) in [6.07, 6.45) is 4.84. The van der Waals surface area contributed by atoms with Crippen LogP contribution in [-0.2, 0) is 4.79 Å². The van der Waals surface area contributed by atoms with Crippen LogP contribution in [0.1, 0.15) is 43.6 Å². The normalized spacial score (nSPS) is 25.2. The van der Waals surface area contributed by atoms with Crippen LogP contribution in [-0.4, -0.2) is 48.3 Å². The molecule has 0 unspecified atom stereocenters. The van der Waals surface area contributed by atoms with Crippen LogP contribution in [0.5, 0.6) is 5.75 Å². The second-order valence-corrected chi connectivity index (χ2v) is 7.09. The van der Waals surface area contributed by atoms with Gasteiger partial charge in [-0.1, -0.05) is 18.2 Å². The van der Waals surface area contributed by atoms with E-state index < -0.39 is 5.97 Å². The molecule has 0 amide bonds. The third-order valence-corrected chi connectivity index (χ3v) is 5.46. The highest BCUT2D eigenvalue weighted by Gasteiger charge is 2.34. The number of hydrogen-bond donors (Lipinski definition) is 2. The summed E-state index contributed by atoms with van der Waals surface area (Å²) in [5.74, 6) is 1.26. The Morgan fingerprint density at radius 1 is 1.21 bits per heavy atom. The van der Waals surface area contributed by atoms with Gasteiger partial charge < -0.3 is 15.6 Å². The van der Waals surface area contributed by atoms with Crippen molar-refractivity contribution in [3.05, 3.63) is 29.8 Å². The van der Waals surface area contributed by atoms with E-state index in [9.17, 15) is 4.79 Å². The third kappa shape index (κ3) is 4.08. The number of nitrogens with zero attached hydrogens (tertiary/aromatic N) is 1. The monoisotopic (exact) mass is 332 g/mol. The lowest BCUT2D eigenvalue weighted by atomic mass is 9.79. The topological polar surface area (TPSA) is 75.8 Å². The van der Waals surface area contributed by atoms with Gasteiger partial charge in [-0.2, -0.15) is 0 Å². The number of para-hydroxylation sites is 1. The standard InChI is InChI=1S/C19H28N2O3/c20-11-14-12-21(13-14)16-7-5-15(6-8-16)17-3-1-2-4-18(17)24-10-9-19(22)23/h1-4,14-16H,5-13,20H2,(H,22,23). The lowest BCUT2D eigenvalue weighted by Gasteiger charge is -2.46. The Morgan fingerprint density at radius 3 is 2.58 bits per heavy atom. The SMILES string of the molecule is NCC1CN(C2CCC(c3ccccc3OCCC(=O)O)CC2)C1. The molecular weight excluding hydrogens is 304 g/mol. The minimum atomic E-state index is -0.821. The van der Waals surface area contributed by atoms with Gasteiger partial charge in [0.15, 0.2) is 0 Å². The number of likely N-dealkylation sites (tertiary alicyclic amines) is 1. The fraction of sp³-hybridized carbons (Fsp3) is 0.632. The van der Waals surface area contributed by atoms with Gasteiger partial charge in [-0.3, -0.25) is 9.69 Å². The maximum atomic E-state index is 10.7. The average Bonchev–Trinajstić information content (AvgIpc) is 2.55. The molecule has 0 bridgehead atoms. The van der Waals surface area contributed by atoms with E-state index in [4.69, 9.17) is 15.6 Å². The molecule has 0 atom stereocenters. The van der Waals surface area contributed by atoms with Crippen molar-refractivity contribution in [3.8, 4) is 5.75 Å². The van der Waals surface area contributed by atoms with Crippen LogP contribution in [0.3, 0.4) is 0 Å². The maximum Gasteiger partial charge on any atom is 0.306 e. The Labute approximate surface area is 143 Å². The van der Waals surface area contributed by atoms with Crippen molar-refractivity contribution < 1.29 is 14.6 Å². The zero-order chi connectivity index (χ0) is 16.9. The molecule has 5 nitrogen and oxygen atoms in total. The Hall–Kier alpha value is -1.59. The Bertz CT molecular complexity index is 549. The van der Waals surface area contributed by atoms with Crippen molar-refractivity contribution in [2.75, 3.05) is 26.2 Å². The number of carboxylic acid groups (broad SMARTS) is 1. The molecular formula is C19H28N2O3. The predicted molar refractivity (Wildman–Crippen MR) is 93.3 cm³/mol. The molecule has 1 aliphatic heterocycles. The molecule has 5 heteroatoms. The van der Waals surface area contributed by atoms with E-state index in [0.29, 0.717) is 17.9 Å². The third-order valence-electron chi connectivity index (χ3n) is 5.46. The van der Waals surface area contributed by atoms with Crippen LogP contribution in [0, 0.1) is 5.92 Å². The number of carbonyl (C=O) groups is 1. The van der Waals surface area contributed by atoms with Crippen molar-refractivity contribution in [2.24, 2.45) is 11.7 Å². The van der Waals surface area contributed by atoms with Gasteiger partial charge in [0.25, 0.3) is 0 Å². The summed E-state index contributed by atoms with van der Waals surface area (Å²) >= 11 is 0. The molecule has 132 valence electrons. The number of rotatable bonds is 7. The Morgan fingerprint density at radius 2 is 1.92 bits per heavy atom. The lowest BCUT2D eigenvalue weighted by Crippen LogP contribution is -2.55. The van der Waals surface area contributed by atoms with Gasteiger partial charge in [0.2, 0.25) is 0 Å². The van der Waals surface area contributed by atoms with Crippen LogP contribution in [0.25, 0.3) is 0 Å². The molecule has 1 saturated heterocycles. The summed E-state index contributed by atoms with van der Waals surface area (Å²) in [5.41, 5.74) is 6.96. The van der Waals surface area contributed by atoms with Gasteiger partial charge >= 0.3 is 5.97 Å². The molecule has 1 aromatic rings. The molecule has 3 N–H and O–H groups in total. The molecule has 2 aliphatic rings. The largest absolute Gasteiger partial charge is 0.493 e. The highest BCUT2D eigenvalue weighted by Crippen LogP contribution is 2.39. The van der Waals surface area contributed by atoms with Gasteiger partial charge in [0.05, 0.1) is 13.0 Å². The molecule has 0 aromatic heterocycles. The zero-order valence-corrected chi connectivity index (χ0v) is 14.2. The van der Waals surface area contributed by atoms with Crippen molar-refractivity contribution in [1.82, 2.24) is 4.90 Å². The summed E-state index contributed by atoms with van der Waals surface area (Å²) in [5, 5.41) is 8.76. The highest BCUT2D eigenvalue weighted by molar-refractivity contribution is 5.66. The van der Waals surface area contributed by atoms with Crippen molar-refractivity contribution in [2.45, 2.75) is 44.1 Å². The smallest absolute Gasteiger partial charge is 0.306 e. The highest BCUT2D eigenvalue weighted by atomic mass is 16.5. The molecule has 1 saturated carbocycles. The summed E-state index contributed by atoms with van der Waals surface area (Å²) in [6, 6.07) is 8.81. The second kappa shape index (κ2) is 7.99. The number of nitrogens with two attached hydrogens (primary N) is 1. The van der Waals surface area contributed by atoms with Gasteiger partial charge in [-0.15, -0.1) is 0 Å². The summed E-state index contributed by atoms with van der Waals surface area (Å²) in [7, 11) is 0. The van der Waals surface area contributed by atoms with Crippen LogP contribution in [0.15, 0.2) is 24.3 Å². The number of benzene rings is 1. The Kier molecular flexibility index (Phi) is 5.74. The minimum Gasteiger partial charge on any atom is -0.493 e. The number of aliphatic carboxylic acids is 1. The van der Waals surface area contributed by atoms with Crippen LogP contribution in [0.2, 0.25) is 0 Å². The van der Waals surface area contributed by atoms with Gasteiger partial charge in [-0.25, -0.2) is 0 Å². The fourth-order valence-corrected chi connectivity index (χ4v) is 4.01. The van der Waals surface area contributed by atoms with E-state index in [-0.39, 0.29) is 13.0 Å². The first-order valence-electron chi connectivity index (χ1n) is 9.05. The maximum absolute atomic E-state index is 10.7. The molecule has 2 fully saturated rings. The van der Waals surface area contributed by atoms with E-state index in [2.05, 4.69) is 11.0 Å². The van der Waals surface area contributed by atoms with Crippen LogP contribution >= 0.6 is 0 Å². The van der Waals surface area contributed by atoms with Gasteiger partial charge in [0.1, 0.15) is 5.75 Å². The van der Waals surface area contributed by atoms with Crippen LogP contribution in [0.4, 0.5) is 0 Å². The van der Waals surface area contributed by atoms with Gasteiger partial charge in [0, 0.05) is 19.1 Å². The second-order valence-electron chi connectivity index (χ2n) is 7.09. The van der Waals surface area contributed by atoms with Crippen molar-refractivity contribution in [1.29, 1.82) is 0 Å². The first-order chi connectivity index (χ1) is 11.7. The predicted octanol–water partition coefficient (Wildman–Crippen LogP) is 2.46. The zero-order valence-electron chi connectivity index (χ0n) is 14.2. The average molecular weight is 332 g/mol. The molecule has 24 heavy (non-hydrogen) atoms. The lowest BCUT2D eigenvalue weighted by molar-refractivity contribution is -0.137. The molecule has 0 radical (unpaired) electrons. The fourth-order valence-electron chi connectivity index (χ4n) is 4.01. The van der Waals surface area contributed by atoms with E-state index in [1.807, 2.05) is 18.2 Å². The summed E-state index contributed by atoms with van der Waals surface area (Å²) in [4.78, 5) is 13.2. The first-order valence-corrected chi connectivity index (χ1v) is 9.05. The van der Waals surface area contributed by atoms with E-state index >= 15 is 0 Å². The van der Waals surface area contributed by atoms with E-state index in [1.165, 1.54) is 44.3 Å². The minimum absolute atomic E-state index is 0.0400. The summed E-state index contributed by atoms with van der Waals surface area (Å²) in [6.45, 7) is 3.38.